The molecule has 2 aromatic rings. The standard InChI is InChI=1S/C22H25NO5Se/c1-4-28-20(24)18-14-22(21(25)27-3,29-17-8-6-5-7-9-17)19(23-18)15-10-12-16(26-2)13-11-15/h5-13,18-19,23H,4,14H2,1-3H3/t18-,19-,22?/m1/s1. The van der Waals surface area contributed by atoms with Crippen LogP contribution in [0.3, 0.4) is 0 Å². The van der Waals surface area contributed by atoms with Gasteiger partial charge in [-0.3, -0.25) is 0 Å². The number of carbonyl (C=O) groups excluding carboxylic acids is 2. The van der Waals surface area contributed by atoms with Crippen LogP contribution in [0.5, 0.6) is 5.75 Å². The van der Waals surface area contributed by atoms with Crippen molar-refractivity contribution in [2.24, 2.45) is 0 Å². The van der Waals surface area contributed by atoms with E-state index in [4.69, 9.17) is 14.2 Å². The first kappa shape index (κ1) is 21.4. The van der Waals surface area contributed by atoms with Gasteiger partial charge in [0.25, 0.3) is 0 Å². The Balaban J connectivity index is 2.05. The second-order valence-electron chi connectivity index (χ2n) is 6.68. The number of hydrogen-bond donors (Lipinski definition) is 1. The number of rotatable bonds is 7. The molecule has 7 heteroatoms. The van der Waals surface area contributed by atoms with E-state index in [1.807, 2.05) is 54.6 Å². The fourth-order valence-electron chi connectivity index (χ4n) is 3.59. The molecular formula is C22H25NO5Se. The molecule has 1 saturated heterocycles. The molecular weight excluding hydrogens is 437 g/mol. The number of ether oxygens (including phenoxy) is 3. The summed E-state index contributed by atoms with van der Waals surface area (Å²) in [6.45, 7) is 2.06. The third-order valence-electron chi connectivity index (χ3n) is 4.94. The molecule has 6 nitrogen and oxygen atoms in total. The van der Waals surface area contributed by atoms with Crippen molar-refractivity contribution in [3.05, 3.63) is 60.2 Å². The molecule has 1 aliphatic rings. The minimum atomic E-state index is -0.880. The van der Waals surface area contributed by atoms with Gasteiger partial charge in [-0.2, -0.15) is 0 Å². The predicted molar refractivity (Wildman–Crippen MR) is 110 cm³/mol. The maximum atomic E-state index is 13.1. The second kappa shape index (κ2) is 9.44. The molecule has 0 bridgehead atoms. The van der Waals surface area contributed by atoms with E-state index in [1.165, 1.54) is 7.11 Å². The van der Waals surface area contributed by atoms with Crippen LogP contribution in [0.15, 0.2) is 54.6 Å². The Hall–Kier alpha value is -2.34. The van der Waals surface area contributed by atoms with Crippen molar-refractivity contribution in [1.82, 2.24) is 5.32 Å². The van der Waals surface area contributed by atoms with E-state index in [0.29, 0.717) is 13.0 Å². The molecule has 154 valence electrons. The quantitative estimate of drug-likeness (QED) is 0.502. The predicted octanol–water partition coefficient (Wildman–Crippen LogP) is 2.02. The molecule has 0 spiro atoms. The normalized spacial score (nSPS) is 23.4. The maximum absolute atomic E-state index is 13.1. The van der Waals surface area contributed by atoms with Gasteiger partial charge in [-0.15, -0.1) is 0 Å². The van der Waals surface area contributed by atoms with Crippen molar-refractivity contribution in [3.8, 4) is 5.75 Å². The molecule has 1 N–H and O–H groups in total. The van der Waals surface area contributed by atoms with Crippen LogP contribution in [0.1, 0.15) is 24.9 Å². The van der Waals surface area contributed by atoms with Crippen molar-refractivity contribution in [2.75, 3.05) is 20.8 Å². The molecule has 3 rings (SSSR count). The zero-order chi connectivity index (χ0) is 20.9. The van der Waals surface area contributed by atoms with Gasteiger partial charge in [0.1, 0.15) is 0 Å². The zero-order valence-electron chi connectivity index (χ0n) is 16.7. The molecule has 0 aromatic heterocycles. The first-order valence-corrected chi connectivity index (χ1v) is 11.1. The first-order valence-electron chi connectivity index (χ1n) is 9.43. The topological polar surface area (TPSA) is 73.9 Å². The average molecular weight is 462 g/mol. The average Bonchev–Trinajstić information content (AvgIpc) is 3.14. The summed E-state index contributed by atoms with van der Waals surface area (Å²) in [4.78, 5) is 25.7. The molecule has 1 fully saturated rings. The molecule has 0 saturated carbocycles. The Bertz CT molecular complexity index is 842. The molecule has 1 aliphatic heterocycles. The number of methoxy groups -OCH3 is 2. The Labute approximate surface area is 177 Å². The summed E-state index contributed by atoms with van der Waals surface area (Å²) in [6, 6.07) is 16.5. The van der Waals surface area contributed by atoms with Crippen LogP contribution >= 0.6 is 0 Å². The van der Waals surface area contributed by atoms with Gasteiger partial charge in [-0.25, -0.2) is 0 Å². The summed E-state index contributed by atoms with van der Waals surface area (Å²) in [5.41, 5.74) is 0.904. The Kier molecular flexibility index (Phi) is 6.96. The van der Waals surface area contributed by atoms with Gasteiger partial charge in [0.05, 0.1) is 0 Å². The summed E-state index contributed by atoms with van der Waals surface area (Å²) >= 11 is -0.278. The molecule has 0 aliphatic carbocycles. The number of benzene rings is 2. The number of carbonyl (C=O) groups is 2. The summed E-state index contributed by atoms with van der Waals surface area (Å²) in [6.07, 6.45) is 0.324. The van der Waals surface area contributed by atoms with Gasteiger partial charge in [-0.05, 0) is 0 Å². The molecule has 2 aromatic carbocycles. The molecule has 1 unspecified atom stereocenters. The molecule has 1 heterocycles. The Morgan fingerprint density at radius 3 is 2.38 bits per heavy atom. The van der Waals surface area contributed by atoms with Crippen LogP contribution in [-0.4, -0.2) is 53.8 Å². The summed E-state index contributed by atoms with van der Waals surface area (Å²) < 4.78 is 15.9. The third kappa shape index (κ3) is 4.47. The van der Waals surface area contributed by atoms with E-state index in [-0.39, 0.29) is 32.9 Å². The van der Waals surface area contributed by atoms with Crippen LogP contribution in [0.2, 0.25) is 4.31 Å². The molecule has 0 radical (unpaired) electrons. The van der Waals surface area contributed by atoms with Crippen LogP contribution in [0.25, 0.3) is 0 Å². The fraction of sp³-hybridized carbons (Fsp3) is 0.364. The van der Waals surface area contributed by atoms with Gasteiger partial charge in [0.15, 0.2) is 0 Å². The van der Waals surface area contributed by atoms with Crippen LogP contribution in [0.4, 0.5) is 0 Å². The van der Waals surface area contributed by atoms with Crippen molar-refractivity contribution >= 4 is 31.4 Å². The number of hydrogen-bond acceptors (Lipinski definition) is 6. The SMILES string of the molecule is CCOC(=O)[C@H]1CC([Se]c2ccccc2)(C(=O)OC)[C@@H](c2ccc(OC)cc2)N1. The fourth-order valence-corrected chi connectivity index (χ4v) is 6.63. The van der Waals surface area contributed by atoms with Crippen LogP contribution in [-0.2, 0) is 19.1 Å². The second-order valence-corrected chi connectivity index (χ2v) is 9.62. The first-order chi connectivity index (χ1) is 14.0. The van der Waals surface area contributed by atoms with E-state index in [2.05, 4.69) is 5.32 Å². The summed E-state index contributed by atoms with van der Waals surface area (Å²) in [5.74, 6) is 0.0630. The van der Waals surface area contributed by atoms with E-state index >= 15 is 0 Å². The number of nitrogens with one attached hydrogen (secondary N) is 1. The van der Waals surface area contributed by atoms with Crippen molar-refractivity contribution in [3.63, 3.8) is 0 Å². The van der Waals surface area contributed by atoms with E-state index in [1.54, 1.807) is 14.0 Å². The monoisotopic (exact) mass is 463 g/mol. The van der Waals surface area contributed by atoms with Crippen molar-refractivity contribution < 1.29 is 23.8 Å². The van der Waals surface area contributed by atoms with Crippen LogP contribution in [0, 0.1) is 0 Å². The minimum absolute atomic E-state index is 0.278. The summed E-state index contributed by atoms with van der Waals surface area (Å²) in [5, 5.41) is 3.36. The summed E-state index contributed by atoms with van der Waals surface area (Å²) in [7, 11) is 3.00. The Morgan fingerprint density at radius 2 is 1.79 bits per heavy atom. The van der Waals surface area contributed by atoms with E-state index in [0.717, 1.165) is 15.8 Å². The number of esters is 2. The third-order valence-corrected chi connectivity index (χ3v) is 7.96. The zero-order valence-corrected chi connectivity index (χ0v) is 18.4. The molecule has 3 atom stereocenters. The van der Waals surface area contributed by atoms with E-state index in [9.17, 15) is 9.59 Å². The van der Waals surface area contributed by atoms with Crippen molar-refractivity contribution in [1.29, 1.82) is 0 Å². The molecule has 0 amide bonds. The van der Waals surface area contributed by atoms with Crippen molar-refractivity contribution in [2.45, 2.75) is 29.7 Å². The van der Waals surface area contributed by atoms with Gasteiger partial charge >= 0.3 is 177 Å². The van der Waals surface area contributed by atoms with Crippen LogP contribution < -0.4 is 14.5 Å². The Morgan fingerprint density at radius 1 is 1.10 bits per heavy atom. The van der Waals surface area contributed by atoms with E-state index < -0.39 is 10.4 Å². The van der Waals surface area contributed by atoms with Gasteiger partial charge in [0, 0.05) is 0 Å². The van der Waals surface area contributed by atoms with Gasteiger partial charge in [-0.1, -0.05) is 0 Å². The van der Waals surface area contributed by atoms with Gasteiger partial charge < -0.3 is 0 Å². The van der Waals surface area contributed by atoms with Gasteiger partial charge in [0.2, 0.25) is 0 Å². The molecule has 29 heavy (non-hydrogen) atoms.